The van der Waals surface area contributed by atoms with E-state index in [1.807, 2.05) is 14.7 Å². The third kappa shape index (κ3) is 4.63. The Labute approximate surface area is 187 Å². The molecule has 0 atom stereocenters. The van der Waals surface area contributed by atoms with Gasteiger partial charge in [-0.3, -0.25) is 30.3 Å². The summed E-state index contributed by atoms with van der Waals surface area (Å²) in [6, 6.07) is 18.5. The second-order valence-corrected chi connectivity index (χ2v) is 7.36. The number of nitro groups is 3. The van der Waals surface area contributed by atoms with E-state index < -0.39 is 14.8 Å². The maximum Gasteiger partial charge on any atom is 0.269 e. The summed E-state index contributed by atoms with van der Waals surface area (Å²) in [5, 5.41) is 33.0. The molecule has 1 heterocycles. The van der Waals surface area contributed by atoms with E-state index in [0.29, 0.717) is 20.0 Å². The van der Waals surface area contributed by atoms with E-state index in [0.717, 1.165) is 17.1 Å². The molecule has 0 aliphatic carbocycles. The predicted octanol–water partition coefficient (Wildman–Crippen LogP) is 4.12. The lowest BCUT2D eigenvalue weighted by molar-refractivity contribution is -0.385. The Morgan fingerprint density at radius 3 is 0.848 bits per heavy atom. The van der Waals surface area contributed by atoms with Crippen LogP contribution in [0.1, 0.15) is 0 Å². The molecule has 0 saturated carbocycles. The summed E-state index contributed by atoms with van der Waals surface area (Å²) in [4.78, 5) is 37.5. The van der Waals surface area contributed by atoms with Gasteiger partial charge in [-0.15, -0.1) is 0 Å². The van der Waals surface area contributed by atoms with Crippen molar-refractivity contribution in [1.29, 1.82) is 0 Å². The molecule has 0 spiro atoms. The Balaban J connectivity index is 1.65. The molecule has 12 nitrogen and oxygen atoms in total. The molecular formula is C21H18N6O6. The minimum atomic E-state index is -0.466. The fraction of sp³-hybridized carbons (Fsp3) is 0.143. The maximum absolute atomic E-state index is 11.0. The highest BCUT2D eigenvalue weighted by Gasteiger charge is 2.25. The summed E-state index contributed by atoms with van der Waals surface area (Å²) in [5.74, 6) is 0. The van der Waals surface area contributed by atoms with Gasteiger partial charge in [0.2, 0.25) is 0 Å². The van der Waals surface area contributed by atoms with Crippen molar-refractivity contribution in [2.75, 3.05) is 34.7 Å². The second-order valence-electron chi connectivity index (χ2n) is 7.36. The molecule has 1 saturated heterocycles. The standard InChI is InChI=1S/C21H18N6O6/c28-25(29)19-7-1-16(2-8-19)22-13-23(17-3-9-20(10-4-17)26(30)31)15-24(14-22)18-5-11-21(12-6-18)27(32)33/h1-12H,13-15H2. The lowest BCUT2D eigenvalue weighted by atomic mass is 10.2. The summed E-state index contributed by atoms with van der Waals surface area (Å²) in [6.07, 6.45) is 0. The number of rotatable bonds is 6. The Hall–Kier alpha value is -4.74. The molecule has 168 valence electrons. The van der Waals surface area contributed by atoms with Gasteiger partial charge in [0.25, 0.3) is 17.1 Å². The molecule has 33 heavy (non-hydrogen) atoms. The molecule has 0 radical (unpaired) electrons. The van der Waals surface area contributed by atoms with Crippen LogP contribution in [0.5, 0.6) is 0 Å². The van der Waals surface area contributed by atoms with Crippen LogP contribution in [0.3, 0.4) is 0 Å². The van der Waals surface area contributed by atoms with Crippen molar-refractivity contribution in [2.24, 2.45) is 0 Å². The van der Waals surface area contributed by atoms with Crippen LogP contribution >= 0.6 is 0 Å². The monoisotopic (exact) mass is 450 g/mol. The molecule has 3 aromatic carbocycles. The zero-order valence-electron chi connectivity index (χ0n) is 17.2. The molecule has 1 fully saturated rings. The largest absolute Gasteiger partial charge is 0.336 e. The Kier molecular flexibility index (Phi) is 5.72. The predicted molar refractivity (Wildman–Crippen MR) is 121 cm³/mol. The van der Waals surface area contributed by atoms with Crippen LogP contribution in [0, 0.1) is 30.3 Å². The van der Waals surface area contributed by atoms with Gasteiger partial charge in [-0.25, -0.2) is 0 Å². The number of non-ortho nitro benzene ring substituents is 3. The van der Waals surface area contributed by atoms with E-state index in [4.69, 9.17) is 0 Å². The highest BCUT2D eigenvalue weighted by Crippen LogP contribution is 2.29. The lowest BCUT2D eigenvalue weighted by Gasteiger charge is -2.45. The van der Waals surface area contributed by atoms with Gasteiger partial charge in [0.1, 0.15) is 0 Å². The summed E-state index contributed by atoms with van der Waals surface area (Å²) < 4.78 is 0. The molecule has 0 N–H and O–H groups in total. The maximum atomic E-state index is 11.0. The fourth-order valence-corrected chi connectivity index (χ4v) is 3.60. The molecule has 0 bridgehead atoms. The van der Waals surface area contributed by atoms with Gasteiger partial charge in [-0.2, -0.15) is 0 Å². The fourth-order valence-electron chi connectivity index (χ4n) is 3.60. The Bertz CT molecular complexity index is 1030. The smallest absolute Gasteiger partial charge is 0.269 e. The first-order valence-electron chi connectivity index (χ1n) is 9.80. The molecule has 4 rings (SSSR count). The molecule has 0 amide bonds. The van der Waals surface area contributed by atoms with E-state index >= 15 is 0 Å². The molecular weight excluding hydrogens is 432 g/mol. The highest BCUT2D eigenvalue weighted by molar-refractivity contribution is 5.61. The molecule has 3 aromatic rings. The quantitative estimate of drug-likeness (QED) is 0.401. The van der Waals surface area contributed by atoms with Crippen molar-refractivity contribution in [1.82, 2.24) is 0 Å². The van der Waals surface area contributed by atoms with Crippen molar-refractivity contribution < 1.29 is 14.8 Å². The average Bonchev–Trinajstić information content (AvgIpc) is 2.84. The van der Waals surface area contributed by atoms with Crippen LogP contribution in [0.15, 0.2) is 72.8 Å². The zero-order valence-corrected chi connectivity index (χ0v) is 17.2. The highest BCUT2D eigenvalue weighted by atomic mass is 16.6. The van der Waals surface area contributed by atoms with Crippen molar-refractivity contribution in [3.05, 3.63) is 103 Å². The minimum absolute atomic E-state index is 0.0183. The van der Waals surface area contributed by atoms with Gasteiger partial charge in [0.05, 0.1) is 34.8 Å². The summed E-state index contributed by atoms with van der Waals surface area (Å²) in [6.45, 7) is 1.29. The van der Waals surface area contributed by atoms with E-state index in [1.54, 1.807) is 36.4 Å². The van der Waals surface area contributed by atoms with E-state index in [9.17, 15) is 30.3 Å². The van der Waals surface area contributed by atoms with Crippen molar-refractivity contribution >= 4 is 34.1 Å². The Morgan fingerprint density at radius 2 is 0.667 bits per heavy atom. The molecule has 0 unspecified atom stereocenters. The first-order valence-corrected chi connectivity index (χ1v) is 9.80. The molecule has 1 aliphatic rings. The van der Waals surface area contributed by atoms with Gasteiger partial charge in [-0.05, 0) is 36.4 Å². The Morgan fingerprint density at radius 1 is 0.455 bits per heavy atom. The molecule has 0 aromatic heterocycles. The summed E-state index contributed by atoms with van der Waals surface area (Å²) in [7, 11) is 0. The van der Waals surface area contributed by atoms with Crippen molar-refractivity contribution in [2.45, 2.75) is 0 Å². The van der Waals surface area contributed by atoms with Gasteiger partial charge in [0.15, 0.2) is 0 Å². The normalized spacial score (nSPS) is 13.6. The number of benzene rings is 3. The van der Waals surface area contributed by atoms with E-state index in [2.05, 4.69) is 0 Å². The average molecular weight is 450 g/mol. The molecule has 1 aliphatic heterocycles. The summed E-state index contributed by atoms with van der Waals surface area (Å²) in [5.41, 5.74) is 2.19. The van der Waals surface area contributed by atoms with Crippen LogP contribution in [0.4, 0.5) is 34.1 Å². The van der Waals surface area contributed by atoms with Crippen LogP contribution < -0.4 is 14.7 Å². The SMILES string of the molecule is O=[N+]([O-])c1ccc(N2CN(c3ccc([N+](=O)[O-])cc3)CN(c3ccc([N+](=O)[O-])cc3)C2)cc1. The van der Waals surface area contributed by atoms with Crippen LogP contribution in [0.2, 0.25) is 0 Å². The van der Waals surface area contributed by atoms with Crippen LogP contribution in [0.25, 0.3) is 0 Å². The number of nitrogens with zero attached hydrogens (tertiary/aromatic N) is 6. The number of hydrogen-bond acceptors (Lipinski definition) is 9. The minimum Gasteiger partial charge on any atom is -0.336 e. The van der Waals surface area contributed by atoms with Gasteiger partial charge in [-0.1, -0.05) is 0 Å². The van der Waals surface area contributed by atoms with Gasteiger partial charge >= 0.3 is 0 Å². The third-order valence-corrected chi connectivity index (χ3v) is 5.30. The van der Waals surface area contributed by atoms with E-state index in [1.165, 1.54) is 36.4 Å². The van der Waals surface area contributed by atoms with E-state index in [-0.39, 0.29) is 17.1 Å². The number of nitro benzene ring substituents is 3. The zero-order chi connectivity index (χ0) is 23.5. The topological polar surface area (TPSA) is 139 Å². The number of anilines is 3. The van der Waals surface area contributed by atoms with Gasteiger partial charge in [0, 0.05) is 53.5 Å². The number of hydrogen-bond donors (Lipinski definition) is 0. The first-order chi connectivity index (χ1) is 15.8. The third-order valence-electron chi connectivity index (χ3n) is 5.30. The molecule has 12 heteroatoms. The lowest BCUT2D eigenvalue weighted by Crippen LogP contribution is -2.55. The van der Waals surface area contributed by atoms with Crippen molar-refractivity contribution in [3.63, 3.8) is 0 Å². The van der Waals surface area contributed by atoms with Crippen LogP contribution in [-0.2, 0) is 0 Å². The van der Waals surface area contributed by atoms with Gasteiger partial charge < -0.3 is 14.7 Å². The first kappa shape index (κ1) is 21.5. The second kappa shape index (κ2) is 8.78. The van der Waals surface area contributed by atoms with Crippen LogP contribution in [-0.4, -0.2) is 34.8 Å². The van der Waals surface area contributed by atoms with Crippen molar-refractivity contribution in [3.8, 4) is 0 Å². The summed E-state index contributed by atoms with van der Waals surface area (Å²) >= 11 is 0.